The second-order valence-electron chi connectivity index (χ2n) is 2.82. The van der Waals surface area contributed by atoms with Crippen LogP contribution in [0.4, 0.5) is 0 Å². The number of aromatic nitrogens is 1. The van der Waals surface area contributed by atoms with Gasteiger partial charge in [-0.15, -0.1) is 11.3 Å². The zero-order valence-corrected chi connectivity index (χ0v) is 9.16. The molecule has 0 saturated heterocycles. The summed E-state index contributed by atoms with van der Waals surface area (Å²) in [5.74, 6) is 0. The molecule has 2 heteroatoms. The maximum absolute atomic E-state index is 3.84. The van der Waals surface area contributed by atoms with Crippen molar-refractivity contribution in [2.75, 3.05) is 0 Å². The van der Waals surface area contributed by atoms with Crippen molar-refractivity contribution in [3.05, 3.63) is 16.6 Å². The fraction of sp³-hybridized carbons (Fsp3) is 0.700. The number of hydrogen-bond acceptors (Lipinski definition) is 2. The van der Waals surface area contributed by atoms with Crippen LogP contribution in [0, 0.1) is 6.92 Å². The molecule has 0 aliphatic heterocycles. The Balaban J connectivity index is 0.000000202. The maximum Gasteiger partial charge on any atom is 0.0794 e. The molecular weight excluding hydrogens is 166 g/mol. The van der Waals surface area contributed by atoms with Crippen molar-refractivity contribution in [2.45, 2.75) is 46.5 Å². The molecule has 0 fully saturated rings. The first kappa shape index (κ1) is 11.6. The van der Waals surface area contributed by atoms with Crippen LogP contribution in [0.3, 0.4) is 0 Å². The van der Waals surface area contributed by atoms with E-state index >= 15 is 0 Å². The summed E-state index contributed by atoms with van der Waals surface area (Å²) in [6, 6.07) is 0. The molecule has 0 atom stereocenters. The van der Waals surface area contributed by atoms with Crippen molar-refractivity contribution in [1.29, 1.82) is 0 Å². The predicted molar refractivity (Wildman–Crippen MR) is 56.7 cm³/mol. The highest BCUT2D eigenvalue weighted by Crippen LogP contribution is 1.99. The zero-order chi connectivity index (χ0) is 9.23. The van der Waals surface area contributed by atoms with E-state index in [0.717, 1.165) is 0 Å². The van der Waals surface area contributed by atoms with Gasteiger partial charge in [-0.3, -0.25) is 4.98 Å². The smallest absolute Gasteiger partial charge is 0.0794 e. The predicted octanol–water partition coefficient (Wildman–Crippen LogP) is 4.04. The summed E-state index contributed by atoms with van der Waals surface area (Å²) >= 11 is 1.67. The Hall–Kier alpha value is -0.370. The van der Waals surface area contributed by atoms with Gasteiger partial charge in [-0.25, -0.2) is 0 Å². The van der Waals surface area contributed by atoms with Gasteiger partial charge in [0.25, 0.3) is 0 Å². The number of nitrogens with zero attached hydrogens (tertiary/aromatic N) is 1. The molecule has 0 N–H and O–H groups in total. The van der Waals surface area contributed by atoms with Crippen LogP contribution < -0.4 is 0 Å². The molecule has 12 heavy (non-hydrogen) atoms. The number of hydrogen-bond donors (Lipinski definition) is 0. The number of unbranched alkanes of at least 4 members (excludes halogenated alkanes) is 3. The van der Waals surface area contributed by atoms with Gasteiger partial charge < -0.3 is 0 Å². The van der Waals surface area contributed by atoms with Crippen molar-refractivity contribution in [3.63, 3.8) is 0 Å². The molecule has 1 rings (SSSR count). The molecule has 1 aromatic heterocycles. The molecule has 0 spiro atoms. The summed E-state index contributed by atoms with van der Waals surface area (Å²) in [7, 11) is 0. The van der Waals surface area contributed by atoms with E-state index in [2.05, 4.69) is 18.8 Å². The molecule has 0 aliphatic rings. The highest BCUT2D eigenvalue weighted by molar-refractivity contribution is 7.09. The average Bonchev–Trinajstić information content (AvgIpc) is 2.53. The zero-order valence-electron chi connectivity index (χ0n) is 8.34. The lowest BCUT2D eigenvalue weighted by molar-refractivity contribution is 0.702. The molecule has 1 nitrogen and oxygen atoms in total. The normalized spacial score (nSPS) is 8.92. The van der Waals surface area contributed by atoms with Crippen molar-refractivity contribution < 1.29 is 0 Å². The van der Waals surface area contributed by atoms with Crippen LogP contribution in [0.5, 0.6) is 0 Å². The number of aryl methyl sites for hydroxylation is 1. The number of thiazole rings is 1. The lowest BCUT2D eigenvalue weighted by atomic mass is 10.2. The summed E-state index contributed by atoms with van der Waals surface area (Å²) in [4.78, 5) is 5.11. The Labute approximate surface area is 79.9 Å². The topological polar surface area (TPSA) is 12.9 Å². The minimum Gasteiger partial charge on any atom is -0.253 e. The van der Waals surface area contributed by atoms with Gasteiger partial charge in [0.2, 0.25) is 0 Å². The third-order valence-electron chi connectivity index (χ3n) is 1.51. The maximum atomic E-state index is 3.84. The Morgan fingerprint density at radius 2 is 1.83 bits per heavy atom. The standard InChI is InChI=1S/C6H14.C4H5NS/c1-3-5-6-4-2;1-4-2-5-3-6-4/h3-6H2,1-2H3;2-3H,1H3. The van der Waals surface area contributed by atoms with E-state index in [0.29, 0.717) is 0 Å². The summed E-state index contributed by atoms with van der Waals surface area (Å²) in [5.41, 5.74) is 1.83. The first-order valence-corrected chi connectivity index (χ1v) is 5.54. The largest absolute Gasteiger partial charge is 0.253 e. The fourth-order valence-electron chi connectivity index (χ4n) is 0.779. The van der Waals surface area contributed by atoms with Crippen molar-refractivity contribution in [1.82, 2.24) is 4.98 Å². The van der Waals surface area contributed by atoms with Gasteiger partial charge >= 0.3 is 0 Å². The van der Waals surface area contributed by atoms with Crippen LogP contribution in [-0.4, -0.2) is 4.98 Å². The highest BCUT2D eigenvalue weighted by Gasteiger charge is 1.76. The van der Waals surface area contributed by atoms with Crippen LogP contribution in [0.1, 0.15) is 44.4 Å². The van der Waals surface area contributed by atoms with Crippen LogP contribution in [-0.2, 0) is 0 Å². The Morgan fingerprint density at radius 3 is 2.00 bits per heavy atom. The average molecular weight is 185 g/mol. The summed E-state index contributed by atoms with van der Waals surface area (Å²) in [6.07, 6.45) is 7.39. The minimum absolute atomic E-state index is 1.27. The molecule has 0 saturated carbocycles. The third kappa shape index (κ3) is 7.73. The highest BCUT2D eigenvalue weighted by atomic mass is 32.1. The molecular formula is C10H19NS. The molecule has 70 valence electrons. The van der Waals surface area contributed by atoms with Crippen molar-refractivity contribution >= 4 is 11.3 Å². The van der Waals surface area contributed by atoms with Gasteiger partial charge in [0.15, 0.2) is 0 Å². The van der Waals surface area contributed by atoms with Crippen LogP contribution in [0.25, 0.3) is 0 Å². The Bertz CT molecular complexity index is 154. The van der Waals surface area contributed by atoms with Gasteiger partial charge in [0.05, 0.1) is 5.51 Å². The first-order chi connectivity index (χ1) is 5.81. The van der Waals surface area contributed by atoms with E-state index in [1.165, 1.54) is 30.6 Å². The van der Waals surface area contributed by atoms with Gasteiger partial charge in [-0.05, 0) is 6.92 Å². The second kappa shape index (κ2) is 8.72. The van der Waals surface area contributed by atoms with E-state index in [4.69, 9.17) is 0 Å². The molecule has 0 bridgehead atoms. The van der Waals surface area contributed by atoms with Crippen LogP contribution >= 0.6 is 11.3 Å². The quantitative estimate of drug-likeness (QED) is 0.648. The summed E-state index contributed by atoms with van der Waals surface area (Å²) in [5, 5.41) is 0. The third-order valence-corrected chi connectivity index (χ3v) is 2.22. The molecule has 0 amide bonds. The Morgan fingerprint density at radius 1 is 1.25 bits per heavy atom. The van der Waals surface area contributed by atoms with Gasteiger partial charge in [-0.2, -0.15) is 0 Å². The van der Waals surface area contributed by atoms with Crippen molar-refractivity contribution in [3.8, 4) is 0 Å². The second-order valence-corrected chi connectivity index (χ2v) is 3.91. The molecule has 0 unspecified atom stereocenters. The number of rotatable bonds is 3. The molecule has 0 aliphatic carbocycles. The van der Waals surface area contributed by atoms with E-state index in [9.17, 15) is 0 Å². The minimum atomic E-state index is 1.27. The first-order valence-electron chi connectivity index (χ1n) is 4.66. The van der Waals surface area contributed by atoms with Crippen LogP contribution in [0.2, 0.25) is 0 Å². The van der Waals surface area contributed by atoms with Gasteiger partial charge in [-0.1, -0.05) is 39.5 Å². The fourth-order valence-corrected chi connectivity index (χ4v) is 1.19. The lowest BCUT2D eigenvalue weighted by Crippen LogP contribution is -1.66. The van der Waals surface area contributed by atoms with E-state index in [1.807, 2.05) is 18.6 Å². The molecule has 1 aromatic rings. The van der Waals surface area contributed by atoms with Crippen molar-refractivity contribution in [2.24, 2.45) is 0 Å². The molecule has 0 aromatic carbocycles. The monoisotopic (exact) mass is 185 g/mol. The Kier molecular flexibility index (Phi) is 8.46. The summed E-state index contributed by atoms with van der Waals surface area (Å²) < 4.78 is 0. The van der Waals surface area contributed by atoms with Crippen LogP contribution in [0.15, 0.2) is 11.7 Å². The van der Waals surface area contributed by atoms with Gasteiger partial charge in [0, 0.05) is 11.1 Å². The SMILES string of the molecule is CCCCCC.Cc1cncs1. The molecule has 1 heterocycles. The van der Waals surface area contributed by atoms with E-state index in [1.54, 1.807) is 11.3 Å². The molecule has 0 radical (unpaired) electrons. The summed E-state index contributed by atoms with van der Waals surface area (Å²) in [6.45, 7) is 6.50. The van der Waals surface area contributed by atoms with Gasteiger partial charge in [0.1, 0.15) is 0 Å². The van der Waals surface area contributed by atoms with E-state index in [-0.39, 0.29) is 0 Å². The lowest BCUT2D eigenvalue weighted by Gasteiger charge is -1.86. The van der Waals surface area contributed by atoms with E-state index < -0.39 is 0 Å².